The van der Waals surface area contributed by atoms with Gasteiger partial charge in [-0.05, 0) is 32.6 Å². The van der Waals surface area contributed by atoms with Crippen LogP contribution in [0.25, 0.3) is 0 Å². The minimum absolute atomic E-state index is 0.342. The Balaban J connectivity index is 2.01. The molecule has 0 aromatic rings. The summed E-state index contributed by atoms with van der Waals surface area (Å²) in [4.78, 5) is 2.36. The molecule has 0 aromatic heterocycles. The van der Waals surface area contributed by atoms with Crippen molar-refractivity contribution in [2.75, 3.05) is 32.8 Å². The van der Waals surface area contributed by atoms with E-state index >= 15 is 0 Å². The Morgan fingerprint density at radius 1 is 1.41 bits per heavy atom. The van der Waals surface area contributed by atoms with Crippen LogP contribution in [-0.4, -0.2) is 49.3 Å². The second-order valence-electron chi connectivity index (χ2n) is 5.54. The van der Waals surface area contributed by atoms with E-state index in [1.165, 1.54) is 12.8 Å². The Morgan fingerprint density at radius 2 is 2.06 bits per heavy atom. The van der Waals surface area contributed by atoms with Gasteiger partial charge in [0.2, 0.25) is 0 Å². The van der Waals surface area contributed by atoms with E-state index in [1.54, 1.807) is 0 Å². The Kier molecular flexibility index (Phi) is 4.03. The van der Waals surface area contributed by atoms with Gasteiger partial charge in [0.1, 0.15) is 5.54 Å². The zero-order valence-electron chi connectivity index (χ0n) is 10.9. The lowest BCUT2D eigenvalue weighted by Crippen LogP contribution is -2.58. The molecule has 0 bridgehead atoms. The van der Waals surface area contributed by atoms with E-state index in [-0.39, 0.29) is 5.54 Å². The molecule has 4 nitrogen and oxygen atoms in total. The maximum atomic E-state index is 9.60. The minimum Gasteiger partial charge on any atom is -0.379 e. The molecule has 1 saturated heterocycles. The van der Waals surface area contributed by atoms with Crippen molar-refractivity contribution < 1.29 is 4.74 Å². The van der Waals surface area contributed by atoms with E-state index in [2.05, 4.69) is 30.1 Å². The monoisotopic (exact) mass is 237 g/mol. The van der Waals surface area contributed by atoms with Crippen molar-refractivity contribution in [2.45, 2.75) is 38.3 Å². The molecule has 0 radical (unpaired) electrons. The predicted molar refractivity (Wildman–Crippen MR) is 66.6 cm³/mol. The Hall–Kier alpha value is -0.630. The molecular formula is C13H23N3O. The lowest BCUT2D eigenvalue weighted by Gasteiger charge is -2.37. The van der Waals surface area contributed by atoms with E-state index in [1.807, 2.05) is 0 Å². The molecular weight excluding hydrogens is 214 g/mol. The van der Waals surface area contributed by atoms with Crippen LogP contribution in [0, 0.1) is 17.2 Å². The molecule has 0 spiro atoms. The van der Waals surface area contributed by atoms with Gasteiger partial charge in [-0.3, -0.25) is 10.2 Å². The molecule has 2 fully saturated rings. The first-order chi connectivity index (χ1) is 8.16. The molecule has 1 saturated carbocycles. The Labute approximate surface area is 104 Å². The first kappa shape index (κ1) is 12.8. The molecule has 1 unspecified atom stereocenters. The van der Waals surface area contributed by atoms with Crippen LogP contribution in [0.5, 0.6) is 0 Å². The molecule has 4 heteroatoms. The van der Waals surface area contributed by atoms with Crippen molar-refractivity contribution in [1.29, 1.82) is 5.26 Å². The standard InChI is InChI=1S/C13H23N3O/c1-11(2)15-13(9-14,12-3-4-12)10-16-5-7-17-8-6-16/h11-12,15H,3-8,10H2,1-2H3. The highest BCUT2D eigenvalue weighted by molar-refractivity contribution is 5.17. The van der Waals surface area contributed by atoms with Crippen LogP contribution < -0.4 is 5.32 Å². The number of hydrogen-bond acceptors (Lipinski definition) is 4. The highest BCUT2D eigenvalue weighted by Crippen LogP contribution is 2.40. The van der Waals surface area contributed by atoms with Gasteiger partial charge in [-0.25, -0.2) is 0 Å². The van der Waals surface area contributed by atoms with E-state index in [9.17, 15) is 5.26 Å². The number of nitrogens with zero attached hydrogens (tertiary/aromatic N) is 2. The third-order valence-corrected chi connectivity index (χ3v) is 3.60. The SMILES string of the molecule is CC(C)NC(C#N)(CN1CCOCC1)C1CC1. The fourth-order valence-electron chi connectivity index (χ4n) is 2.65. The van der Waals surface area contributed by atoms with Crippen LogP contribution in [0.3, 0.4) is 0 Å². The van der Waals surface area contributed by atoms with Crippen molar-refractivity contribution in [3.05, 3.63) is 0 Å². The van der Waals surface area contributed by atoms with Gasteiger partial charge in [-0.2, -0.15) is 5.26 Å². The topological polar surface area (TPSA) is 48.3 Å². The second-order valence-corrected chi connectivity index (χ2v) is 5.54. The number of nitrogens with one attached hydrogen (secondary N) is 1. The minimum atomic E-state index is -0.342. The Morgan fingerprint density at radius 3 is 2.53 bits per heavy atom. The molecule has 1 atom stereocenters. The molecule has 1 aliphatic carbocycles. The van der Waals surface area contributed by atoms with Gasteiger partial charge < -0.3 is 4.74 Å². The summed E-state index contributed by atoms with van der Waals surface area (Å²) in [5.41, 5.74) is -0.342. The van der Waals surface area contributed by atoms with Crippen LogP contribution in [-0.2, 0) is 4.74 Å². The molecule has 17 heavy (non-hydrogen) atoms. The summed E-state index contributed by atoms with van der Waals surface area (Å²) < 4.78 is 5.36. The highest BCUT2D eigenvalue weighted by atomic mass is 16.5. The van der Waals surface area contributed by atoms with Crippen LogP contribution in [0.1, 0.15) is 26.7 Å². The summed E-state index contributed by atoms with van der Waals surface area (Å²) in [5, 5.41) is 13.1. The van der Waals surface area contributed by atoms with E-state index in [0.29, 0.717) is 12.0 Å². The number of morpholine rings is 1. The fourth-order valence-corrected chi connectivity index (χ4v) is 2.65. The summed E-state index contributed by atoms with van der Waals surface area (Å²) >= 11 is 0. The average Bonchev–Trinajstić information content (AvgIpc) is 3.13. The Bertz CT molecular complexity index is 290. The van der Waals surface area contributed by atoms with Gasteiger partial charge in [0.05, 0.1) is 19.3 Å². The van der Waals surface area contributed by atoms with Crippen LogP contribution >= 0.6 is 0 Å². The van der Waals surface area contributed by atoms with Crippen LogP contribution in [0.2, 0.25) is 0 Å². The van der Waals surface area contributed by atoms with Crippen molar-refractivity contribution >= 4 is 0 Å². The third kappa shape index (κ3) is 3.19. The summed E-state index contributed by atoms with van der Waals surface area (Å²) in [5.74, 6) is 0.540. The molecule has 0 aromatic carbocycles. The molecule has 1 heterocycles. The average molecular weight is 237 g/mol. The highest BCUT2D eigenvalue weighted by Gasteiger charge is 2.47. The largest absolute Gasteiger partial charge is 0.379 e. The first-order valence-electron chi connectivity index (χ1n) is 6.65. The quantitative estimate of drug-likeness (QED) is 0.774. The van der Waals surface area contributed by atoms with Gasteiger partial charge in [0, 0.05) is 25.7 Å². The number of hydrogen-bond donors (Lipinski definition) is 1. The van der Waals surface area contributed by atoms with E-state index in [4.69, 9.17) is 4.74 Å². The second kappa shape index (κ2) is 5.34. The summed E-state index contributed by atoms with van der Waals surface area (Å²) in [7, 11) is 0. The van der Waals surface area contributed by atoms with Gasteiger partial charge in [-0.1, -0.05) is 0 Å². The maximum Gasteiger partial charge on any atom is 0.122 e. The summed E-state index contributed by atoms with van der Waals surface area (Å²) in [6.45, 7) is 8.59. The molecule has 96 valence electrons. The van der Waals surface area contributed by atoms with Crippen molar-refractivity contribution in [3.63, 3.8) is 0 Å². The fraction of sp³-hybridized carbons (Fsp3) is 0.923. The van der Waals surface area contributed by atoms with E-state index < -0.39 is 0 Å². The van der Waals surface area contributed by atoms with Crippen molar-refractivity contribution in [2.24, 2.45) is 5.92 Å². The summed E-state index contributed by atoms with van der Waals surface area (Å²) in [6, 6.07) is 2.92. The maximum absolute atomic E-state index is 9.60. The van der Waals surface area contributed by atoms with Gasteiger partial charge >= 0.3 is 0 Å². The number of ether oxygens (including phenoxy) is 1. The molecule has 2 rings (SSSR count). The molecule has 1 aliphatic heterocycles. The lowest BCUT2D eigenvalue weighted by molar-refractivity contribution is 0.0259. The molecule has 0 amide bonds. The number of nitriles is 1. The zero-order chi connectivity index (χ0) is 12.3. The first-order valence-corrected chi connectivity index (χ1v) is 6.65. The molecule has 1 N–H and O–H groups in total. The zero-order valence-corrected chi connectivity index (χ0v) is 10.9. The van der Waals surface area contributed by atoms with Gasteiger partial charge in [0.25, 0.3) is 0 Å². The normalized spacial score (nSPS) is 25.5. The summed E-state index contributed by atoms with van der Waals surface area (Å²) in [6.07, 6.45) is 2.38. The third-order valence-electron chi connectivity index (χ3n) is 3.60. The van der Waals surface area contributed by atoms with Gasteiger partial charge in [-0.15, -0.1) is 0 Å². The van der Waals surface area contributed by atoms with Gasteiger partial charge in [0.15, 0.2) is 0 Å². The molecule has 2 aliphatic rings. The van der Waals surface area contributed by atoms with Crippen LogP contribution in [0.4, 0.5) is 0 Å². The van der Waals surface area contributed by atoms with Crippen molar-refractivity contribution in [3.8, 4) is 6.07 Å². The predicted octanol–water partition coefficient (Wildman–Crippen LogP) is 0.989. The smallest absolute Gasteiger partial charge is 0.122 e. The number of rotatable bonds is 5. The van der Waals surface area contributed by atoms with Crippen molar-refractivity contribution in [1.82, 2.24) is 10.2 Å². The lowest BCUT2D eigenvalue weighted by atomic mass is 9.93. The van der Waals surface area contributed by atoms with Crippen LogP contribution in [0.15, 0.2) is 0 Å². The van der Waals surface area contributed by atoms with E-state index in [0.717, 1.165) is 32.8 Å².